The molecule has 1 aliphatic rings. The van der Waals surface area contributed by atoms with Crippen LogP contribution in [0.1, 0.15) is 31.2 Å². The van der Waals surface area contributed by atoms with E-state index in [-0.39, 0.29) is 13.2 Å². The van der Waals surface area contributed by atoms with Gasteiger partial charge in [0.15, 0.2) is 0 Å². The number of hydrogen-bond donors (Lipinski definition) is 5. The van der Waals surface area contributed by atoms with Gasteiger partial charge in [-0.2, -0.15) is 15.0 Å². The number of aryl methyl sites for hydroxylation is 1. The van der Waals surface area contributed by atoms with Crippen LogP contribution in [0.3, 0.4) is 0 Å². The fourth-order valence-corrected chi connectivity index (χ4v) is 3.99. The van der Waals surface area contributed by atoms with Crippen molar-refractivity contribution in [1.82, 2.24) is 19.9 Å². The second-order valence-corrected chi connectivity index (χ2v) is 7.95. The monoisotopic (exact) mass is 419 g/mol. The van der Waals surface area contributed by atoms with Crippen molar-refractivity contribution in [3.05, 3.63) is 36.2 Å². The second-order valence-electron chi connectivity index (χ2n) is 7.95. The first-order chi connectivity index (χ1) is 14.5. The van der Waals surface area contributed by atoms with Gasteiger partial charge in [0, 0.05) is 18.8 Å². The molecule has 2 heterocycles. The summed E-state index contributed by atoms with van der Waals surface area (Å²) in [6, 6.07) is 5.61. The van der Waals surface area contributed by atoms with Gasteiger partial charge in [-0.25, -0.2) is 0 Å². The largest absolute Gasteiger partial charge is 0.395 e. The van der Waals surface area contributed by atoms with Gasteiger partial charge in [-0.05, 0) is 50.1 Å². The molecular formula is C21H33N5O4. The number of nitrogens with one attached hydrogen (secondary N) is 1. The maximum absolute atomic E-state index is 10.0. The second kappa shape index (κ2) is 10.8. The van der Waals surface area contributed by atoms with E-state index in [9.17, 15) is 20.4 Å². The van der Waals surface area contributed by atoms with E-state index in [0.717, 1.165) is 49.2 Å². The lowest BCUT2D eigenvalue weighted by Crippen LogP contribution is -2.62. The zero-order valence-corrected chi connectivity index (χ0v) is 17.4. The van der Waals surface area contributed by atoms with E-state index < -0.39 is 24.4 Å². The molecule has 1 aliphatic heterocycles. The smallest absolute Gasteiger partial charge is 0.109 e. The molecule has 1 saturated heterocycles. The van der Waals surface area contributed by atoms with Gasteiger partial charge in [0.05, 0.1) is 36.8 Å². The summed E-state index contributed by atoms with van der Waals surface area (Å²) in [5.74, 6) is 0. The van der Waals surface area contributed by atoms with Crippen molar-refractivity contribution >= 4 is 5.69 Å². The molecule has 4 atom stereocenters. The maximum atomic E-state index is 10.0. The van der Waals surface area contributed by atoms with Crippen LogP contribution in [0, 0.1) is 6.92 Å². The van der Waals surface area contributed by atoms with Crippen molar-refractivity contribution in [3.63, 3.8) is 0 Å². The molecule has 0 unspecified atom stereocenters. The lowest BCUT2D eigenvalue weighted by atomic mass is 9.94. The number of aromatic nitrogens is 3. The molecule has 166 valence electrons. The molecule has 2 aromatic rings. The molecule has 0 spiro atoms. The van der Waals surface area contributed by atoms with Crippen molar-refractivity contribution in [2.45, 2.75) is 57.0 Å². The Morgan fingerprint density at radius 1 is 1.03 bits per heavy atom. The first-order valence-corrected chi connectivity index (χ1v) is 10.6. The SMILES string of the molecule is Cc1cc(NCCCCCCN2C[C@H](O)[C@@H](O)[C@H](O)[C@H]2CO)ccc1-n1nccn1. The Bertz CT molecular complexity index is 773. The van der Waals surface area contributed by atoms with Crippen LogP contribution in [-0.2, 0) is 0 Å². The molecular weight excluding hydrogens is 386 g/mol. The van der Waals surface area contributed by atoms with E-state index in [4.69, 9.17) is 0 Å². The van der Waals surface area contributed by atoms with Gasteiger partial charge in [0.2, 0.25) is 0 Å². The zero-order valence-electron chi connectivity index (χ0n) is 17.4. The number of likely N-dealkylation sites (tertiary alicyclic amines) is 1. The van der Waals surface area contributed by atoms with Crippen LogP contribution in [0.2, 0.25) is 0 Å². The van der Waals surface area contributed by atoms with E-state index in [2.05, 4.69) is 21.6 Å². The van der Waals surface area contributed by atoms with Crippen LogP contribution < -0.4 is 5.32 Å². The number of piperidine rings is 1. The van der Waals surface area contributed by atoms with Gasteiger partial charge in [-0.15, -0.1) is 0 Å². The number of rotatable bonds is 10. The summed E-state index contributed by atoms with van der Waals surface area (Å²) in [7, 11) is 0. The van der Waals surface area contributed by atoms with Gasteiger partial charge in [0.25, 0.3) is 0 Å². The van der Waals surface area contributed by atoms with E-state index in [1.807, 2.05) is 24.0 Å². The molecule has 1 aromatic carbocycles. The summed E-state index contributed by atoms with van der Waals surface area (Å²) < 4.78 is 0. The molecule has 3 rings (SSSR count). The normalized spacial score (nSPS) is 24.8. The first kappa shape index (κ1) is 22.6. The highest BCUT2D eigenvalue weighted by Gasteiger charge is 2.40. The van der Waals surface area contributed by atoms with Gasteiger partial charge in [-0.1, -0.05) is 12.8 Å². The van der Waals surface area contributed by atoms with E-state index in [1.54, 1.807) is 17.2 Å². The number of hydrogen-bond acceptors (Lipinski definition) is 8. The summed E-state index contributed by atoms with van der Waals surface area (Å²) >= 11 is 0. The third-order valence-electron chi connectivity index (χ3n) is 5.75. The molecule has 9 heteroatoms. The summed E-state index contributed by atoms with van der Waals surface area (Å²) in [6.07, 6.45) is 4.06. The topological polar surface area (TPSA) is 127 Å². The molecule has 0 amide bonds. The predicted molar refractivity (Wildman–Crippen MR) is 114 cm³/mol. The van der Waals surface area contributed by atoms with Crippen LogP contribution >= 0.6 is 0 Å². The van der Waals surface area contributed by atoms with Gasteiger partial charge >= 0.3 is 0 Å². The first-order valence-electron chi connectivity index (χ1n) is 10.6. The van der Waals surface area contributed by atoms with E-state index >= 15 is 0 Å². The Kier molecular flexibility index (Phi) is 8.17. The van der Waals surface area contributed by atoms with Crippen LogP contribution in [0.15, 0.2) is 30.6 Å². The lowest BCUT2D eigenvalue weighted by Gasteiger charge is -2.43. The Morgan fingerprint density at radius 2 is 1.77 bits per heavy atom. The molecule has 30 heavy (non-hydrogen) atoms. The highest BCUT2D eigenvalue weighted by molar-refractivity contribution is 5.52. The van der Waals surface area contributed by atoms with Crippen molar-refractivity contribution < 1.29 is 20.4 Å². The maximum Gasteiger partial charge on any atom is 0.109 e. The fraction of sp³-hybridized carbons (Fsp3) is 0.619. The van der Waals surface area contributed by atoms with Crippen molar-refractivity contribution in [2.75, 3.05) is 31.6 Å². The predicted octanol–water partition coefficient (Wildman–Crippen LogP) is 0.307. The number of aliphatic hydroxyl groups is 4. The standard InChI is InChI=1S/C21H33N5O4/c1-15-12-16(6-7-17(15)26-23-9-10-24-26)22-8-4-2-3-5-11-25-13-19(28)21(30)20(29)18(25)14-27/h6-7,9-10,12,18-22,27-30H,2-5,8,11,13-14H2,1H3/t18-,19+,20-,21-/m1/s1. The van der Waals surface area contributed by atoms with Crippen molar-refractivity contribution in [1.29, 1.82) is 0 Å². The van der Waals surface area contributed by atoms with Crippen LogP contribution in [0.4, 0.5) is 5.69 Å². The minimum atomic E-state index is -1.20. The quantitative estimate of drug-likeness (QED) is 0.348. The summed E-state index contributed by atoms with van der Waals surface area (Å²) in [4.78, 5) is 3.49. The summed E-state index contributed by atoms with van der Waals surface area (Å²) in [5, 5.41) is 50.9. The van der Waals surface area contributed by atoms with E-state index in [0.29, 0.717) is 6.54 Å². The Balaban J connectivity index is 1.33. The molecule has 1 fully saturated rings. The number of unbranched alkanes of at least 4 members (excludes halogenated alkanes) is 3. The van der Waals surface area contributed by atoms with Gasteiger partial charge < -0.3 is 25.7 Å². The third-order valence-corrected chi connectivity index (χ3v) is 5.75. The number of benzene rings is 1. The molecule has 0 aliphatic carbocycles. The Morgan fingerprint density at radius 3 is 2.47 bits per heavy atom. The van der Waals surface area contributed by atoms with Crippen molar-refractivity contribution in [2.24, 2.45) is 0 Å². The highest BCUT2D eigenvalue weighted by atomic mass is 16.4. The summed E-state index contributed by atoms with van der Waals surface area (Å²) in [5.41, 5.74) is 3.14. The number of nitrogens with zero attached hydrogens (tertiary/aromatic N) is 4. The Hall–Kier alpha value is -2.04. The van der Waals surface area contributed by atoms with Gasteiger partial charge in [0.1, 0.15) is 12.2 Å². The molecule has 5 N–H and O–H groups in total. The number of β-amino-alcohol motifs (C(OH)–C–C–N with tert-alkyl or cyclic N) is 1. The molecule has 0 radical (unpaired) electrons. The highest BCUT2D eigenvalue weighted by Crippen LogP contribution is 2.20. The Labute approximate surface area is 177 Å². The molecule has 9 nitrogen and oxygen atoms in total. The van der Waals surface area contributed by atoms with Gasteiger partial charge in [-0.3, -0.25) is 4.90 Å². The third kappa shape index (κ3) is 5.55. The minimum Gasteiger partial charge on any atom is -0.395 e. The average molecular weight is 420 g/mol. The van der Waals surface area contributed by atoms with Crippen LogP contribution in [0.5, 0.6) is 0 Å². The lowest BCUT2D eigenvalue weighted by molar-refractivity contribution is -0.145. The van der Waals surface area contributed by atoms with Crippen LogP contribution in [-0.4, -0.2) is 90.9 Å². The molecule has 1 aromatic heterocycles. The number of anilines is 1. The number of aliphatic hydroxyl groups excluding tert-OH is 4. The molecule has 0 bridgehead atoms. The summed E-state index contributed by atoms with van der Waals surface area (Å²) in [6.45, 7) is 3.64. The van der Waals surface area contributed by atoms with E-state index in [1.165, 1.54) is 0 Å². The zero-order chi connectivity index (χ0) is 21.5. The van der Waals surface area contributed by atoms with Crippen molar-refractivity contribution in [3.8, 4) is 5.69 Å². The molecule has 0 saturated carbocycles. The average Bonchev–Trinajstić information content (AvgIpc) is 3.26. The minimum absolute atomic E-state index is 0.233. The fourth-order valence-electron chi connectivity index (χ4n) is 3.99. The van der Waals surface area contributed by atoms with Crippen LogP contribution in [0.25, 0.3) is 5.69 Å².